The first-order valence-electron chi connectivity index (χ1n) is 24.3. The number of hydrogen-bond donors (Lipinski definition) is 1. The SMILES string of the molecule is CCCCCCCCCCCCCCCCC(CCCCCCCCCCCCC)c1[nH]cc[n+]1C(C)CCCCCCCCCCCCCC. The van der Waals surface area contributed by atoms with E-state index in [1.54, 1.807) is 5.82 Å². The van der Waals surface area contributed by atoms with Crippen LogP contribution in [0.2, 0.25) is 0 Å². The van der Waals surface area contributed by atoms with Crippen molar-refractivity contribution < 1.29 is 4.57 Å². The number of imidazole rings is 1. The van der Waals surface area contributed by atoms with Crippen LogP contribution < -0.4 is 4.57 Å². The molecule has 0 saturated carbocycles. The zero-order chi connectivity index (χ0) is 36.7. The van der Waals surface area contributed by atoms with Crippen LogP contribution in [0.1, 0.15) is 302 Å². The third-order valence-corrected chi connectivity index (χ3v) is 12.1. The molecule has 0 spiro atoms. The van der Waals surface area contributed by atoms with Crippen LogP contribution in [-0.4, -0.2) is 4.98 Å². The van der Waals surface area contributed by atoms with Gasteiger partial charge in [0.25, 0.3) is 5.82 Å². The molecular weight excluding hydrogens is 617 g/mol. The van der Waals surface area contributed by atoms with Gasteiger partial charge in [0.15, 0.2) is 0 Å². The summed E-state index contributed by atoms with van der Waals surface area (Å²) in [5, 5.41) is 0. The summed E-state index contributed by atoms with van der Waals surface area (Å²) in [4.78, 5) is 3.79. The fourth-order valence-electron chi connectivity index (χ4n) is 8.55. The molecule has 1 aromatic rings. The fraction of sp³-hybridized carbons (Fsp3) is 0.939. The van der Waals surface area contributed by atoms with Crippen molar-refractivity contribution in [3.8, 4) is 0 Å². The fourth-order valence-corrected chi connectivity index (χ4v) is 8.55. The molecule has 0 saturated heterocycles. The molecule has 2 unspecified atom stereocenters. The van der Waals surface area contributed by atoms with Gasteiger partial charge in [-0.2, -0.15) is 0 Å². The van der Waals surface area contributed by atoms with Gasteiger partial charge in [-0.25, -0.2) is 9.55 Å². The van der Waals surface area contributed by atoms with Gasteiger partial charge < -0.3 is 0 Å². The molecule has 0 fully saturated rings. The second kappa shape index (κ2) is 38.9. The molecule has 0 radical (unpaired) electrons. The van der Waals surface area contributed by atoms with Gasteiger partial charge in [0.05, 0.1) is 12.0 Å². The molecule has 1 aromatic heterocycles. The summed E-state index contributed by atoms with van der Waals surface area (Å²) in [6.45, 7) is 9.44. The minimum Gasteiger partial charge on any atom is -0.247 e. The Balaban J connectivity index is 2.37. The minimum absolute atomic E-state index is 0.616. The van der Waals surface area contributed by atoms with E-state index < -0.39 is 0 Å². The number of H-pyrrole nitrogens is 1. The second-order valence-corrected chi connectivity index (χ2v) is 17.2. The lowest BCUT2D eigenvalue weighted by Crippen LogP contribution is -2.41. The van der Waals surface area contributed by atoms with Gasteiger partial charge in [-0.1, -0.05) is 252 Å². The zero-order valence-corrected chi connectivity index (χ0v) is 36.0. The maximum absolute atomic E-state index is 3.79. The Hall–Kier alpha value is -0.790. The summed E-state index contributed by atoms with van der Waals surface area (Å²) in [6, 6.07) is 0.616. The Labute approximate surface area is 323 Å². The number of rotatable bonds is 42. The third-order valence-electron chi connectivity index (χ3n) is 12.1. The van der Waals surface area contributed by atoms with Crippen molar-refractivity contribution in [2.75, 3.05) is 0 Å². The number of aromatic nitrogens is 2. The Morgan fingerprint density at radius 3 is 0.922 bits per heavy atom. The van der Waals surface area contributed by atoms with Crippen LogP contribution in [0, 0.1) is 0 Å². The molecular formula is C49H97N2+. The van der Waals surface area contributed by atoms with Crippen molar-refractivity contribution >= 4 is 0 Å². The second-order valence-electron chi connectivity index (χ2n) is 17.2. The molecule has 1 rings (SSSR count). The van der Waals surface area contributed by atoms with E-state index in [4.69, 9.17) is 0 Å². The molecule has 1 N–H and O–H groups in total. The van der Waals surface area contributed by atoms with Crippen molar-refractivity contribution in [3.05, 3.63) is 18.2 Å². The first-order valence-corrected chi connectivity index (χ1v) is 24.3. The number of nitrogens with zero attached hydrogens (tertiary/aromatic N) is 1. The molecule has 302 valence electrons. The summed E-state index contributed by atoms with van der Waals surface area (Å²) < 4.78 is 2.66. The van der Waals surface area contributed by atoms with Crippen molar-refractivity contribution in [2.45, 2.75) is 296 Å². The highest BCUT2D eigenvalue weighted by atomic mass is 15.1. The van der Waals surface area contributed by atoms with E-state index in [1.807, 2.05) is 0 Å². The van der Waals surface area contributed by atoms with Crippen LogP contribution in [-0.2, 0) is 0 Å². The summed E-state index contributed by atoms with van der Waals surface area (Å²) >= 11 is 0. The zero-order valence-electron chi connectivity index (χ0n) is 36.0. The van der Waals surface area contributed by atoms with Crippen LogP contribution in [0.3, 0.4) is 0 Å². The Bertz CT molecular complexity index is 783. The summed E-state index contributed by atoms with van der Waals surface area (Å²) in [5.74, 6) is 2.25. The Morgan fingerprint density at radius 1 is 0.373 bits per heavy atom. The summed E-state index contributed by atoms with van der Waals surface area (Å²) in [6.07, 6.45) is 62.1. The highest BCUT2D eigenvalue weighted by Gasteiger charge is 2.25. The van der Waals surface area contributed by atoms with E-state index in [-0.39, 0.29) is 0 Å². The topological polar surface area (TPSA) is 19.7 Å². The van der Waals surface area contributed by atoms with Gasteiger partial charge in [-0.05, 0) is 32.6 Å². The molecule has 51 heavy (non-hydrogen) atoms. The molecule has 0 aromatic carbocycles. The lowest BCUT2D eigenvalue weighted by atomic mass is 9.92. The maximum Gasteiger partial charge on any atom is 0.257 e. The van der Waals surface area contributed by atoms with E-state index in [0.717, 1.165) is 0 Å². The molecule has 1 heterocycles. The van der Waals surface area contributed by atoms with Gasteiger partial charge >= 0.3 is 0 Å². The third kappa shape index (κ3) is 30.3. The molecule has 2 heteroatoms. The van der Waals surface area contributed by atoms with E-state index in [0.29, 0.717) is 12.0 Å². The van der Waals surface area contributed by atoms with Crippen molar-refractivity contribution in [3.63, 3.8) is 0 Å². The van der Waals surface area contributed by atoms with Crippen LogP contribution in [0.15, 0.2) is 12.4 Å². The van der Waals surface area contributed by atoms with Crippen LogP contribution >= 0.6 is 0 Å². The van der Waals surface area contributed by atoms with Gasteiger partial charge in [0.1, 0.15) is 12.4 Å². The number of aromatic amines is 1. The molecule has 0 amide bonds. The minimum atomic E-state index is 0.616. The molecule has 0 aliphatic rings. The molecule has 2 nitrogen and oxygen atoms in total. The monoisotopic (exact) mass is 714 g/mol. The highest BCUT2D eigenvalue weighted by molar-refractivity contribution is 4.90. The quantitative estimate of drug-likeness (QED) is 0.0514. The van der Waals surface area contributed by atoms with Crippen LogP contribution in [0.5, 0.6) is 0 Å². The van der Waals surface area contributed by atoms with Crippen LogP contribution in [0.4, 0.5) is 0 Å². The maximum atomic E-state index is 3.79. The predicted octanol–water partition coefficient (Wildman–Crippen LogP) is 17.6. The van der Waals surface area contributed by atoms with Gasteiger partial charge in [-0.3, -0.25) is 0 Å². The number of unbranched alkanes of at least 4 members (excludes halogenated alkanes) is 34. The molecule has 0 aliphatic carbocycles. The molecule has 0 aliphatic heterocycles. The van der Waals surface area contributed by atoms with Crippen molar-refractivity contribution in [1.82, 2.24) is 4.98 Å². The normalized spacial score (nSPS) is 12.9. The lowest BCUT2D eigenvalue weighted by molar-refractivity contribution is -0.727. The standard InChI is InChI=1S/C49H96N2/c1-5-8-11-14-17-20-23-25-26-29-32-35-38-41-44-48(43-40-37-34-31-27-22-19-16-13-10-7-3)49-50-45-46-51(49)47(4)42-39-36-33-30-28-24-21-18-15-12-9-6-2/h45-48H,5-44H2,1-4H3/p+1. The first kappa shape index (κ1) is 48.2. The number of hydrogen-bond acceptors (Lipinski definition) is 0. The van der Waals surface area contributed by atoms with Crippen LogP contribution in [0.25, 0.3) is 0 Å². The van der Waals surface area contributed by atoms with E-state index in [9.17, 15) is 0 Å². The lowest BCUT2D eigenvalue weighted by Gasteiger charge is -2.17. The van der Waals surface area contributed by atoms with Gasteiger partial charge in [0, 0.05) is 0 Å². The average molecular weight is 714 g/mol. The smallest absolute Gasteiger partial charge is 0.247 e. The largest absolute Gasteiger partial charge is 0.257 e. The average Bonchev–Trinajstić information content (AvgIpc) is 3.63. The van der Waals surface area contributed by atoms with E-state index in [1.165, 1.54) is 257 Å². The predicted molar refractivity (Wildman–Crippen MR) is 230 cm³/mol. The molecule has 2 atom stereocenters. The Morgan fingerprint density at radius 2 is 0.627 bits per heavy atom. The van der Waals surface area contributed by atoms with Gasteiger partial charge in [-0.15, -0.1) is 0 Å². The van der Waals surface area contributed by atoms with E-state index in [2.05, 4.69) is 49.6 Å². The van der Waals surface area contributed by atoms with Crippen molar-refractivity contribution in [2.24, 2.45) is 0 Å². The summed E-state index contributed by atoms with van der Waals surface area (Å²) in [5.41, 5.74) is 0. The number of nitrogens with one attached hydrogen (secondary N) is 1. The summed E-state index contributed by atoms with van der Waals surface area (Å²) in [7, 11) is 0. The Kier molecular flexibility index (Phi) is 36.8. The highest BCUT2D eigenvalue weighted by Crippen LogP contribution is 2.28. The van der Waals surface area contributed by atoms with E-state index >= 15 is 0 Å². The molecule has 0 bridgehead atoms. The van der Waals surface area contributed by atoms with Gasteiger partial charge in [0.2, 0.25) is 0 Å². The van der Waals surface area contributed by atoms with Crippen molar-refractivity contribution in [1.29, 1.82) is 0 Å². The first-order chi connectivity index (χ1) is 25.2.